The zero-order chi connectivity index (χ0) is 19.2. The molecule has 3 rings (SSSR count). The molecule has 1 fully saturated rings. The second-order valence-electron chi connectivity index (χ2n) is 6.80. The van der Waals surface area contributed by atoms with E-state index in [1.165, 1.54) is 5.56 Å². The van der Waals surface area contributed by atoms with Crippen molar-refractivity contribution < 1.29 is 9.59 Å². The van der Waals surface area contributed by atoms with Crippen LogP contribution in [0.1, 0.15) is 47.8 Å². The van der Waals surface area contributed by atoms with E-state index in [4.69, 9.17) is 0 Å². The molecule has 0 spiro atoms. The predicted molar refractivity (Wildman–Crippen MR) is 108 cm³/mol. The molecule has 142 valence electrons. The van der Waals surface area contributed by atoms with Gasteiger partial charge in [0.05, 0.1) is 6.04 Å². The third kappa shape index (κ3) is 4.55. The van der Waals surface area contributed by atoms with Gasteiger partial charge < -0.3 is 15.5 Å². The van der Waals surface area contributed by atoms with Gasteiger partial charge in [-0.25, -0.2) is 0 Å². The number of carbonyl (C=O) groups is 2. The normalized spacial score (nSPS) is 16.8. The molecule has 1 aliphatic rings. The molecule has 2 amide bonds. The summed E-state index contributed by atoms with van der Waals surface area (Å²) >= 11 is 0. The van der Waals surface area contributed by atoms with Gasteiger partial charge in [0.25, 0.3) is 5.91 Å². The molecule has 27 heavy (non-hydrogen) atoms. The van der Waals surface area contributed by atoms with E-state index in [1.807, 2.05) is 23.1 Å². The first-order valence-electron chi connectivity index (χ1n) is 9.62. The predicted octanol–water partition coefficient (Wildman–Crippen LogP) is 3.38. The highest BCUT2D eigenvalue weighted by Gasteiger charge is 2.28. The molecule has 1 heterocycles. The molecule has 0 bridgehead atoms. The van der Waals surface area contributed by atoms with Crippen LogP contribution in [0.2, 0.25) is 0 Å². The molecular formula is C22H27N3O2. The van der Waals surface area contributed by atoms with Gasteiger partial charge >= 0.3 is 0 Å². The topological polar surface area (TPSA) is 61.4 Å². The van der Waals surface area contributed by atoms with Crippen molar-refractivity contribution in [1.29, 1.82) is 0 Å². The first-order chi connectivity index (χ1) is 13.1. The summed E-state index contributed by atoms with van der Waals surface area (Å²) < 4.78 is 0. The first kappa shape index (κ1) is 19.1. The second kappa shape index (κ2) is 8.82. The van der Waals surface area contributed by atoms with Crippen LogP contribution in [0.15, 0.2) is 48.5 Å². The Morgan fingerprint density at radius 2 is 1.93 bits per heavy atom. The number of nitrogens with one attached hydrogen (secondary N) is 2. The standard InChI is InChI=1S/C22H27N3O2/c1-3-16-8-10-17(11-9-16)20-15-23-12-13-25(20)22(27)18-6-5-7-19(14-18)24-21(26)4-2/h5-11,14,20,23H,3-4,12-13,15H2,1-2H3,(H,24,26). The van der Waals surface area contributed by atoms with Crippen LogP contribution in [0.5, 0.6) is 0 Å². The van der Waals surface area contributed by atoms with Crippen molar-refractivity contribution in [2.45, 2.75) is 32.7 Å². The SMILES string of the molecule is CCC(=O)Nc1cccc(C(=O)N2CCNCC2c2ccc(CC)cc2)c1. The molecule has 0 saturated carbocycles. The molecule has 1 aliphatic heterocycles. The summed E-state index contributed by atoms with van der Waals surface area (Å²) in [5, 5.41) is 6.22. The minimum absolute atomic E-state index is 0.00560. The highest BCUT2D eigenvalue weighted by atomic mass is 16.2. The third-order valence-electron chi connectivity index (χ3n) is 4.99. The molecule has 0 aromatic heterocycles. The van der Waals surface area contributed by atoms with Crippen LogP contribution in [-0.2, 0) is 11.2 Å². The van der Waals surface area contributed by atoms with Crippen LogP contribution >= 0.6 is 0 Å². The monoisotopic (exact) mass is 365 g/mol. The first-order valence-corrected chi connectivity index (χ1v) is 9.62. The van der Waals surface area contributed by atoms with Crippen LogP contribution in [-0.4, -0.2) is 36.3 Å². The van der Waals surface area contributed by atoms with Gasteiger partial charge in [-0.3, -0.25) is 9.59 Å². The number of rotatable bonds is 5. The Balaban J connectivity index is 1.82. The molecule has 2 aromatic rings. The van der Waals surface area contributed by atoms with Gasteiger partial charge in [-0.05, 0) is 35.7 Å². The van der Waals surface area contributed by atoms with E-state index in [9.17, 15) is 9.59 Å². The molecular weight excluding hydrogens is 338 g/mol. The van der Waals surface area contributed by atoms with Gasteiger partial charge in [0, 0.05) is 37.3 Å². The highest BCUT2D eigenvalue weighted by Crippen LogP contribution is 2.25. The average molecular weight is 365 g/mol. The van der Waals surface area contributed by atoms with E-state index in [0.29, 0.717) is 24.2 Å². The van der Waals surface area contributed by atoms with Gasteiger partial charge in [0.2, 0.25) is 5.91 Å². The minimum Gasteiger partial charge on any atom is -0.329 e. The number of anilines is 1. The molecule has 5 nitrogen and oxygen atoms in total. The second-order valence-corrected chi connectivity index (χ2v) is 6.80. The van der Waals surface area contributed by atoms with Gasteiger partial charge in [-0.15, -0.1) is 0 Å². The van der Waals surface area contributed by atoms with E-state index in [2.05, 4.69) is 41.8 Å². The smallest absolute Gasteiger partial charge is 0.254 e. The van der Waals surface area contributed by atoms with Crippen LogP contribution in [0.25, 0.3) is 0 Å². The van der Waals surface area contributed by atoms with E-state index < -0.39 is 0 Å². The number of hydrogen-bond acceptors (Lipinski definition) is 3. The van der Waals surface area contributed by atoms with E-state index in [-0.39, 0.29) is 17.9 Å². The van der Waals surface area contributed by atoms with Gasteiger partial charge in [0.1, 0.15) is 0 Å². The van der Waals surface area contributed by atoms with Gasteiger partial charge in [-0.1, -0.05) is 44.2 Å². The lowest BCUT2D eigenvalue weighted by atomic mass is 10.00. The number of amides is 2. The summed E-state index contributed by atoms with van der Waals surface area (Å²) in [7, 11) is 0. The lowest BCUT2D eigenvalue weighted by Crippen LogP contribution is -2.48. The lowest BCUT2D eigenvalue weighted by Gasteiger charge is -2.36. The van der Waals surface area contributed by atoms with Crippen molar-refractivity contribution in [3.8, 4) is 0 Å². The highest BCUT2D eigenvalue weighted by molar-refractivity contribution is 5.97. The molecule has 0 aliphatic carbocycles. The maximum Gasteiger partial charge on any atom is 0.254 e. The Labute approximate surface area is 160 Å². The number of carbonyl (C=O) groups excluding carboxylic acids is 2. The fraction of sp³-hybridized carbons (Fsp3) is 0.364. The van der Waals surface area contributed by atoms with Gasteiger partial charge in [0.15, 0.2) is 0 Å². The average Bonchev–Trinajstić information content (AvgIpc) is 2.73. The van der Waals surface area contributed by atoms with Crippen LogP contribution in [0.3, 0.4) is 0 Å². The molecule has 1 atom stereocenters. The number of benzene rings is 2. The van der Waals surface area contributed by atoms with Crippen molar-refractivity contribution in [1.82, 2.24) is 10.2 Å². The van der Waals surface area contributed by atoms with E-state index in [1.54, 1.807) is 13.0 Å². The summed E-state index contributed by atoms with van der Waals surface area (Å²) in [5.41, 5.74) is 3.69. The number of nitrogens with zero attached hydrogens (tertiary/aromatic N) is 1. The number of aryl methyl sites for hydroxylation is 1. The Morgan fingerprint density at radius 1 is 1.15 bits per heavy atom. The van der Waals surface area contributed by atoms with E-state index in [0.717, 1.165) is 25.1 Å². The minimum atomic E-state index is -0.0596. The van der Waals surface area contributed by atoms with Crippen LogP contribution in [0, 0.1) is 0 Å². The van der Waals surface area contributed by atoms with Crippen molar-refractivity contribution in [3.05, 3.63) is 65.2 Å². The Bertz CT molecular complexity index is 801. The summed E-state index contributed by atoms with van der Waals surface area (Å²) in [6, 6.07) is 15.7. The molecule has 2 N–H and O–H groups in total. The largest absolute Gasteiger partial charge is 0.329 e. The maximum absolute atomic E-state index is 13.2. The summed E-state index contributed by atoms with van der Waals surface area (Å²) in [6.45, 7) is 6.12. The lowest BCUT2D eigenvalue weighted by molar-refractivity contribution is -0.115. The third-order valence-corrected chi connectivity index (χ3v) is 4.99. The summed E-state index contributed by atoms with van der Waals surface area (Å²) in [5.74, 6) is -0.0654. The van der Waals surface area contributed by atoms with Gasteiger partial charge in [-0.2, -0.15) is 0 Å². The Hall–Kier alpha value is -2.66. The fourth-order valence-electron chi connectivity index (χ4n) is 3.37. The molecule has 1 unspecified atom stereocenters. The molecule has 1 saturated heterocycles. The van der Waals surface area contributed by atoms with Crippen LogP contribution < -0.4 is 10.6 Å². The number of piperazine rings is 1. The van der Waals surface area contributed by atoms with E-state index >= 15 is 0 Å². The molecule has 5 heteroatoms. The summed E-state index contributed by atoms with van der Waals surface area (Å²) in [6.07, 6.45) is 1.41. The van der Waals surface area contributed by atoms with Crippen molar-refractivity contribution in [2.75, 3.05) is 25.0 Å². The Kier molecular flexibility index (Phi) is 6.24. The fourth-order valence-corrected chi connectivity index (χ4v) is 3.37. The Morgan fingerprint density at radius 3 is 2.63 bits per heavy atom. The van der Waals surface area contributed by atoms with Crippen molar-refractivity contribution in [2.24, 2.45) is 0 Å². The van der Waals surface area contributed by atoms with Crippen LogP contribution in [0.4, 0.5) is 5.69 Å². The molecule has 0 radical (unpaired) electrons. The zero-order valence-corrected chi connectivity index (χ0v) is 16.0. The summed E-state index contributed by atoms with van der Waals surface area (Å²) in [4.78, 5) is 26.8. The zero-order valence-electron chi connectivity index (χ0n) is 16.0. The van der Waals surface area contributed by atoms with Crippen molar-refractivity contribution >= 4 is 17.5 Å². The number of hydrogen-bond donors (Lipinski definition) is 2. The quantitative estimate of drug-likeness (QED) is 0.854. The molecule has 2 aromatic carbocycles. The maximum atomic E-state index is 13.2. The van der Waals surface area contributed by atoms with Crippen molar-refractivity contribution in [3.63, 3.8) is 0 Å².